The minimum atomic E-state index is 0.305. The van der Waals surface area contributed by atoms with Crippen molar-refractivity contribution in [2.24, 2.45) is 10.7 Å². The zero-order chi connectivity index (χ0) is 13.7. The standard InChI is InChI=1S/C15H23N3O/c1-3-11-5-7-12(8-6-11)17-15(16)18-13-9-14(10-13)19-4-2/h5-8,13-14H,3-4,9-10H2,1-2H3,(H3,16,17,18). The van der Waals surface area contributed by atoms with Crippen molar-refractivity contribution < 1.29 is 4.74 Å². The zero-order valence-corrected chi connectivity index (χ0v) is 11.7. The molecule has 19 heavy (non-hydrogen) atoms. The molecular formula is C15H23N3O. The fraction of sp³-hybridized carbons (Fsp3) is 0.533. The van der Waals surface area contributed by atoms with Crippen molar-refractivity contribution in [3.63, 3.8) is 0 Å². The van der Waals surface area contributed by atoms with E-state index >= 15 is 0 Å². The number of ether oxygens (including phenoxy) is 1. The molecule has 0 amide bonds. The van der Waals surface area contributed by atoms with E-state index in [2.05, 4.69) is 29.4 Å². The highest BCUT2D eigenvalue weighted by molar-refractivity contribution is 5.92. The second-order valence-corrected chi connectivity index (χ2v) is 4.89. The molecule has 0 heterocycles. The normalized spacial score (nSPS) is 22.9. The maximum atomic E-state index is 5.90. The van der Waals surface area contributed by atoms with Crippen LogP contribution in [0.5, 0.6) is 0 Å². The molecule has 0 aliphatic heterocycles. The van der Waals surface area contributed by atoms with E-state index in [1.807, 2.05) is 19.1 Å². The van der Waals surface area contributed by atoms with Gasteiger partial charge in [-0.3, -0.25) is 0 Å². The van der Waals surface area contributed by atoms with Crippen LogP contribution >= 0.6 is 0 Å². The smallest absolute Gasteiger partial charge is 0.193 e. The number of hydrogen-bond acceptors (Lipinski definition) is 2. The average Bonchev–Trinajstić information content (AvgIpc) is 2.37. The minimum Gasteiger partial charge on any atom is -0.378 e. The maximum absolute atomic E-state index is 5.90. The Morgan fingerprint density at radius 1 is 1.32 bits per heavy atom. The number of anilines is 1. The van der Waals surface area contributed by atoms with Gasteiger partial charge in [0.1, 0.15) is 0 Å². The van der Waals surface area contributed by atoms with Crippen molar-refractivity contribution in [1.29, 1.82) is 0 Å². The van der Waals surface area contributed by atoms with Gasteiger partial charge in [-0.15, -0.1) is 0 Å². The highest BCUT2D eigenvalue weighted by atomic mass is 16.5. The summed E-state index contributed by atoms with van der Waals surface area (Å²) in [7, 11) is 0. The Morgan fingerprint density at radius 3 is 2.58 bits per heavy atom. The number of benzene rings is 1. The molecule has 4 heteroatoms. The van der Waals surface area contributed by atoms with Crippen LogP contribution in [0, 0.1) is 0 Å². The fourth-order valence-electron chi connectivity index (χ4n) is 2.22. The number of nitrogens with zero attached hydrogens (tertiary/aromatic N) is 1. The zero-order valence-electron chi connectivity index (χ0n) is 11.7. The topological polar surface area (TPSA) is 59.6 Å². The second kappa shape index (κ2) is 6.57. The highest BCUT2D eigenvalue weighted by Crippen LogP contribution is 2.26. The van der Waals surface area contributed by atoms with Gasteiger partial charge in [-0.1, -0.05) is 19.1 Å². The third-order valence-electron chi connectivity index (χ3n) is 3.43. The van der Waals surface area contributed by atoms with Crippen LogP contribution < -0.4 is 11.1 Å². The molecular weight excluding hydrogens is 238 g/mol. The Morgan fingerprint density at radius 2 is 2.00 bits per heavy atom. The molecule has 0 bridgehead atoms. The molecule has 1 saturated carbocycles. The van der Waals surface area contributed by atoms with Gasteiger partial charge in [0.2, 0.25) is 0 Å². The molecule has 1 aromatic carbocycles. The van der Waals surface area contributed by atoms with Gasteiger partial charge in [0.15, 0.2) is 5.96 Å². The molecule has 0 saturated heterocycles. The predicted octanol–water partition coefficient (Wildman–Crippen LogP) is 2.54. The molecule has 0 aromatic heterocycles. The quantitative estimate of drug-likeness (QED) is 0.632. The van der Waals surface area contributed by atoms with Gasteiger partial charge in [-0.05, 0) is 43.9 Å². The van der Waals surface area contributed by atoms with E-state index in [1.54, 1.807) is 0 Å². The summed E-state index contributed by atoms with van der Waals surface area (Å²) >= 11 is 0. The number of aliphatic imine (C=N–C) groups is 1. The van der Waals surface area contributed by atoms with Gasteiger partial charge < -0.3 is 15.8 Å². The first-order valence-corrected chi connectivity index (χ1v) is 7.02. The molecule has 1 fully saturated rings. The van der Waals surface area contributed by atoms with Crippen molar-refractivity contribution in [1.82, 2.24) is 0 Å². The first kappa shape index (κ1) is 13.9. The Kier molecular flexibility index (Phi) is 4.80. The molecule has 104 valence electrons. The van der Waals surface area contributed by atoms with Crippen LogP contribution in [-0.2, 0) is 11.2 Å². The Balaban J connectivity index is 1.82. The Hall–Kier alpha value is -1.55. The molecule has 0 unspecified atom stereocenters. The molecule has 1 aliphatic rings. The summed E-state index contributed by atoms with van der Waals surface area (Å²) < 4.78 is 5.50. The summed E-state index contributed by atoms with van der Waals surface area (Å²) in [6.07, 6.45) is 3.37. The van der Waals surface area contributed by atoms with E-state index < -0.39 is 0 Å². The van der Waals surface area contributed by atoms with Crippen molar-refractivity contribution in [2.45, 2.75) is 45.3 Å². The summed E-state index contributed by atoms with van der Waals surface area (Å²) in [5.74, 6) is 0.490. The highest BCUT2D eigenvalue weighted by Gasteiger charge is 2.29. The van der Waals surface area contributed by atoms with Crippen LogP contribution in [-0.4, -0.2) is 24.7 Å². The number of nitrogens with one attached hydrogen (secondary N) is 1. The van der Waals surface area contributed by atoms with Crippen LogP contribution in [0.1, 0.15) is 32.3 Å². The van der Waals surface area contributed by atoms with E-state index in [9.17, 15) is 0 Å². The predicted molar refractivity (Wildman–Crippen MR) is 79.5 cm³/mol. The van der Waals surface area contributed by atoms with Gasteiger partial charge in [0.05, 0.1) is 12.1 Å². The van der Waals surface area contributed by atoms with Crippen LogP contribution in [0.25, 0.3) is 0 Å². The van der Waals surface area contributed by atoms with Gasteiger partial charge in [0.25, 0.3) is 0 Å². The van der Waals surface area contributed by atoms with Crippen LogP contribution in [0.4, 0.5) is 5.69 Å². The van der Waals surface area contributed by atoms with Gasteiger partial charge in [-0.25, -0.2) is 4.99 Å². The summed E-state index contributed by atoms with van der Waals surface area (Å²) in [6, 6.07) is 8.57. The SMILES string of the molecule is CCOC1CC(N=C(N)Nc2ccc(CC)cc2)C1. The second-order valence-electron chi connectivity index (χ2n) is 4.89. The lowest BCUT2D eigenvalue weighted by Crippen LogP contribution is -2.37. The summed E-state index contributed by atoms with van der Waals surface area (Å²) in [5.41, 5.74) is 8.21. The van der Waals surface area contributed by atoms with E-state index in [-0.39, 0.29) is 0 Å². The molecule has 0 atom stereocenters. The Labute approximate surface area is 115 Å². The number of guanidine groups is 1. The van der Waals surface area contributed by atoms with Gasteiger partial charge in [-0.2, -0.15) is 0 Å². The largest absolute Gasteiger partial charge is 0.378 e. The first-order valence-electron chi connectivity index (χ1n) is 7.02. The van der Waals surface area contributed by atoms with E-state index in [0.717, 1.165) is 31.6 Å². The molecule has 1 aliphatic carbocycles. The molecule has 0 spiro atoms. The van der Waals surface area contributed by atoms with E-state index in [4.69, 9.17) is 10.5 Å². The number of rotatable bonds is 5. The van der Waals surface area contributed by atoms with Crippen molar-refractivity contribution in [3.8, 4) is 0 Å². The molecule has 1 aromatic rings. The molecule has 0 radical (unpaired) electrons. The van der Waals surface area contributed by atoms with E-state index in [1.165, 1.54) is 5.56 Å². The number of aryl methyl sites for hydroxylation is 1. The average molecular weight is 261 g/mol. The Bertz CT molecular complexity index is 422. The van der Waals surface area contributed by atoms with Crippen molar-refractivity contribution in [3.05, 3.63) is 29.8 Å². The van der Waals surface area contributed by atoms with E-state index in [0.29, 0.717) is 18.1 Å². The lowest BCUT2D eigenvalue weighted by Gasteiger charge is -2.32. The lowest BCUT2D eigenvalue weighted by atomic mass is 9.90. The monoisotopic (exact) mass is 261 g/mol. The molecule has 3 N–H and O–H groups in total. The molecule has 2 rings (SSSR count). The third-order valence-corrected chi connectivity index (χ3v) is 3.43. The summed E-state index contributed by atoms with van der Waals surface area (Å²) in [5, 5.41) is 3.13. The molecule has 4 nitrogen and oxygen atoms in total. The maximum Gasteiger partial charge on any atom is 0.193 e. The van der Waals surface area contributed by atoms with Crippen molar-refractivity contribution in [2.75, 3.05) is 11.9 Å². The van der Waals surface area contributed by atoms with Gasteiger partial charge in [0, 0.05) is 12.3 Å². The first-order chi connectivity index (χ1) is 9.21. The third kappa shape index (κ3) is 3.96. The fourth-order valence-corrected chi connectivity index (χ4v) is 2.22. The summed E-state index contributed by atoms with van der Waals surface area (Å²) in [6.45, 7) is 4.94. The van der Waals surface area contributed by atoms with Gasteiger partial charge >= 0.3 is 0 Å². The minimum absolute atomic E-state index is 0.305. The summed E-state index contributed by atoms with van der Waals surface area (Å²) in [4.78, 5) is 4.46. The lowest BCUT2D eigenvalue weighted by molar-refractivity contribution is -0.000702. The van der Waals surface area contributed by atoms with Crippen molar-refractivity contribution >= 4 is 11.6 Å². The number of nitrogens with two attached hydrogens (primary N) is 1. The number of hydrogen-bond donors (Lipinski definition) is 2. The van der Waals surface area contributed by atoms with Crippen LogP contribution in [0.3, 0.4) is 0 Å². The van der Waals surface area contributed by atoms with Crippen LogP contribution in [0.15, 0.2) is 29.3 Å². The van der Waals surface area contributed by atoms with Crippen LogP contribution in [0.2, 0.25) is 0 Å².